The lowest BCUT2D eigenvalue weighted by Crippen LogP contribution is -2.29. The number of allylic oxidation sites excluding steroid dienone is 1. The van der Waals surface area contributed by atoms with Crippen molar-refractivity contribution in [3.63, 3.8) is 0 Å². The standard InChI is InChI=1S/C33H34O6S/c1-8-13-36-26-10-11-27(29(17-26)39-40(34,35)32-21(3)14-20(2)15-22(32)4)25-16-24-9-12-28-30(31(24)37-19-25)23(5)18-33(6,7)38-28/h8-12,14-18H,1,13,19H2,2-7H3. The monoisotopic (exact) mass is 558 g/mol. The molecule has 7 heteroatoms. The van der Waals surface area contributed by atoms with Gasteiger partial charge in [0.1, 0.15) is 41.0 Å². The summed E-state index contributed by atoms with van der Waals surface area (Å²) in [5.41, 5.74) is 6.13. The zero-order valence-electron chi connectivity index (χ0n) is 23.8. The third-order valence-electron chi connectivity index (χ3n) is 6.90. The molecule has 3 aromatic rings. The lowest BCUT2D eigenvalue weighted by atomic mass is 9.91. The van der Waals surface area contributed by atoms with Crippen molar-refractivity contribution in [1.82, 2.24) is 0 Å². The van der Waals surface area contributed by atoms with Crippen molar-refractivity contribution in [2.24, 2.45) is 0 Å². The van der Waals surface area contributed by atoms with Gasteiger partial charge in [0.05, 0.1) is 5.56 Å². The summed E-state index contributed by atoms with van der Waals surface area (Å²) in [5.74, 6) is 2.16. The Morgan fingerprint density at radius 1 is 1.02 bits per heavy atom. The molecule has 2 aliphatic heterocycles. The molecule has 0 radical (unpaired) electrons. The van der Waals surface area contributed by atoms with Crippen molar-refractivity contribution in [3.8, 4) is 23.0 Å². The maximum atomic E-state index is 13.6. The molecule has 2 aliphatic rings. The van der Waals surface area contributed by atoms with Gasteiger partial charge in [-0.3, -0.25) is 0 Å². The van der Waals surface area contributed by atoms with E-state index in [1.54, 1.807) is 38.1 Å². The van der Waals surface area contributed by atoms with Crippen LogP contribution in [-0.4, -0.2) is 27.2 Å². The lowest BCUT2D eigenvalue weighted by Gasteiger charge is -2.32. The highest BCUT2D eigenvalue weighted by Crippen LogP contribution is 2.46. The molecule has 208 valence electrons. The van der Waals surface area contributed by atoms with Gasteiger partial charge in [-0.2, -0.15) is 8.42 Å². The van der Waals surface area contributed by atoms with Crippen LogP contribution in [-0.2, 0) is 10.1 Å². The quantitative estimate of drug-likeness (QED) is 0.222. The summed E-state index contributed by atoms with van der Waals surface area (Å²) in [6.07, 6.45) is 5.72. The number of aryl methyl sites for hydroxylation is 3. The van der Waals surface area contributed by atoms with Crippen molar-refractivity contribution in [1.29, 1.82) is 0 Å². The number of hydrogen-bond acceptors (Lipinski definition) is 6. The second kappa shape index (κ2) is 10.2. The molecule has 40 heavy (non-hydrogen) atoms. The van der Waals surface area contributed by atoms with E-state index in [0.717, 1.165) is 39.3 Å². The minimum absolute atomic E-state index is 0.164. The van der Waals surface area contributed by atoms with Crippen LogP contribution in [0.2, 0.25) is 0 Å². The first-order valence-corrected chi connectivity index (χ1v) is 14.6. The maximum Gasteiger partial charge on any atom is 0.339 e. The minimum Gasteiger partial charge on any atom is -0.489 e. The van der Waals surface area contributed by atoms with Crippen LogP contribution in [0.4, 0.5) is 0 Å². The van der Waals surface area contributed by atoms with Crippen LogP contribution in [0, 0.1) is 20.8 Å². The van der Waals surface area contributed by atoms with Crippen LogP contribution < -0.4 is 18.4 Å². The molecule has 6 nitrogen and oxygen atoms in total. The predicted molar refractivity (Wildman–Crippen MR) is 159 cm³/mol. The molecule has 5 rings (SSSR count). The fourth-order valence-corrected chi connectivity index (χ4v) is 6.92. The Balaban J connectivity index is 1.59. The van der Waals surface area contributed by atoms with E-state index in [1.807, 2.05) is 51.1 Å². The Hall–Kier alpha value is -3.97. The topological polar surface area (TPSA) is 71.1 Å². The highest BCUT2D eigenvalue weighted by atomic mass is 32.2. The highest BCUT2D eigenvalue weighted by molar-refractivity contribution is 7.87. The third-order valence-corrected chi connectivity index (χ3v) is 8.45. The maximum absolute atomic E-state index is 13.6. The first-order chi connectivity index (χ1) is 18.9. The van der Waals surface area contributed by atoms with Crippen LogP contribution in [0.3, 0.4) is 0 Å². The van der Waals surface area contributed by atoms with E-state index in [2.05, 4.69) is 19.6 Å². The Kier molecular flexibility index (Phi) is 7.04. The van der Waals surface area contributed by atoms with Gasteiger partial charge in [0.2, 0.25) is 0 Å². The largest absolute Gasteiger partial charge is 0.489 e. The molecule has 0 bridgehead atoms. The summed E-state index contributed by atoms with van der Waals surface area (Å²) in [4.78, 5) is 0.164. The molecule has 0 fully saturated rings. The van der Waals surface area contributed by atoms with Crippen molar-refractivity contribution in [3.05, 3.63) is 94.6 Å². The van der Waals surface area contributed by atoms with Gasteiger partial charge in [-0.25, -0.2) is 0 Å². The summed E-state index contributed by atoms with van der Waals surface area (Å²) in [5, 5.41) is 0. The van der Waals surface area contributed by atoms with Crippen LogP contribution in [0.15, 0.2) is 66.1 Å². The average molecular weight is 559 g/mol. The smallest absolute Gasteiger partial charge is 0.339 e. The molecule has 0 amide bonds. The Labute approximate surface area is 236 Å². The molecule has 0 aromatic heterocycles. The number of fused-ring (bicyclic) bond motifs is 3. The first-order valence-electron chi connectivity index (χ1n) is 13.2. The molecular formula is C33H34O6S. The Morgan fingerprint density at radius 3 is 2.45 bits per heavy atom. The average Bonchev–Trinajstić information content (AvgIpc) is 2.85. The van der Waals surface area contributed by atoms with Gasteiger partial charge in [0, 0.05) is 22.8 Å². The van der Waals surface area contributed by atoms with Crippen LogP contribution in [0.5, 0.6) is 23.0 Å². The van der Waals surface area contributed by atoms with Gasteiger partial charge in [0.25, 0.3) is 0 Å². The summed E-state index contributed by atoms with van der Waals surface area (Å²) >= 11 is 0. The van der Waals surface area contributed by atoms with E-state index in [-0.39, 0.29) is 23.9 Å². The van der Waals surface area contributed by atoms with Gasteiger partial charge in [0.15, 0.2) is 5.75 Å². The van der Waals surface area contributed by atoms with Crippen molar-refractivity contribution < 1.29 is 26.8 Å². The summed E-state index contributed by atoms with van der Waals surface area (Å²) in [7, 11) is -4.15. The Bertz CT molecular complexity index is 1670. The summed E-state index contributed by atoms with van der Waals surface area (Å²) < 4.78 is 51.3. The van der Waals surface area contributed by atoms with Gasteiger partial charge >= 0.3 is 10.1 Å². The van der Waals surface area contributed by atoms with E-state index < -0.39 is 15.7 Å². The zero-order valence-corrected chi connectivity index (χ0v) is 24.6. The lowest BCUT2D eigenvalue weighted by molar-refractivity contribution is 0.157. The number of rotatable bonds is 7. The van der Waals surface area contributed by atoms with Gasteiger partial charge in [-0.05, 0) is 94.7 Å². The second-order valence-corrected chi connectivity index (χ2v) is 12.4. The molecular weight excluding hydrogens is 524 g/mol. The molecule has 3 aromatic carbocycles. The molecule has 0 N–H and O–H groups in total. The predicted octanol–water partition coefficient (Wildman–Crippen LogP) is 7.45. The number of ether oxygens (including phenoxy) is 3. The molecule has 0 saturated heterocycles. The number of hydrogen-bond donors (Lipinski definition) is 0. The second-order valence-electron chi connectivity index (χ2n) is 10.9. The molecule has 0 unspecified atom stereocenters. The number of benzene rings is 3. The van der Waals surface area contributed by atoms with Crippen LogP contribution in [0.25, 0.3) is 17.2 Å². The fraction of sp³-hybridized carbons (Fsp3) is 0.273. The van der Waals surface area contributed by atoms with E-state index in [1.165, 1.54) is 0 Å². The van der Waals surface area contributed by atoms with Gasteiger partial charge in [-0.1, -0.05) is 30.4 Å². The molecule has 0 spiro atoms. The molecule has 0 atom stereocenters. The molecule has 0 aliphatic carbocycles. The third kappa shape index (κ3) is 5.26. The minimum atomic E-state index is -4.15. The van der Waals surface area contributed by atoms with Crippen molar-refractivity contribution in [2.45, 2.75) is 52.0 Å². The summed E-state index contributed by atoms with van der Waals surface area (Å²) in [6.45, 7) is 15.8. The van der Waals surface area contributed by atoms with E-state index in [4.69, 9.17) is 18.4 Å². The van der Waals surface area contributed by atoms with E-state index >= 15 is 0 Å². The van der Waals surface area contributed by atoms with Crippen molar-refractivity contribution in [2.75, 3.05) is 13.2 Å². The van der Waals surface area contributed by atoms with E-state index in [9.17, 15) is 8.42 Å². The Morgan fingerprint density at radius 2 is 1.75 bits per heavy atom. The van der Waals surface area contributed by atoms with Crippen LogP contribution >= 0.6 is 0 Å². The van der Waals surface area contributed by atoms with E-state index in [0.29, 0.717) is 22.4 Å². The highest BCUT2D eigenvalue weighted by Gasteiger charge is 2.31. The SMILES string of the molecule is C=CCOc1ccc(C2=Cc3ccc4c(c3OC2)C(C)=CC(C)(C)O4)c(OS(=O)(=O)c2c(C)cc(C)cc2C)c1. The fourth-order valence-electron chi connectivity index (χ4n) is 5.55. The van der Waals surface area contributed by atoms with Crippen molar-refractivity contribution >= 4 is 27.3 Å². The first kappa shape index (κ1) is 27.6. The zero-order chi connectivity index (χ0) is 28.8. The summed E-state index contributed by atoms with van der Waals surface area (Å²) in [6, 6.07) is 12.8. The molecule has 2 heterocycles. The normalized spacial score (nSPS) is 15.4. The van der Waals surface area contributed by atoms with Gasteiger partial charge < -0.3 is 18.4 Å². The van der Waals surface area contributed by atoms with Crippen LogP contribution in [0.1, 0.15) is 54.2 Å². The van der Waals surface area contributed by atoms with Gasteiger partial charge in [-0.15, -0.1) is 0 Å². The molecule has 0 saturated carbocycles.